The summed E-state index contributed by atoms with van der Waals surface area (Å²) in [5.41, 5.74) is 0.752. The van der Waals surface area contributed by atoms with E-state index in [4.69, 9.17) is 4.74 Å². The molecule has 0 aliphatic carbocycles. The summed E-state index contributed by atoms with van der Waals surface area (Å²) in [4.78, 5) is 3.96. The topological polar surface area (TPSA) is 34.2 Å². The first-order chi connectivity index (χ1) is 7.49. The Balaban J connectivity index is 2.81. The molecule has 0 aliphatic rings. The summed E-state index contributed by atoms with van der Waals surface area (Å²) in [6.07, 6.45) is 1.21. The van der Waals surface area contributed by atoms with Gasteiger partial charge in [0.05, 0.1) is 12.3 Å². The van der Waals surface area contributed by atoms with Crippen LogP contribution < -0.4 is 10.1 Å². The minimum Gasteiger partial charge on any atom is -0.475 e. The van der Waals surface area contributed by atoms with E-state index in [1.807, 2.05) is 27.7 Å². The van der Waals surface area contributed by atoms with Crippen molar-refractivity contribution in [2.24, 2.45) is 0 Å². The molecule has 1 heterocycles. The zero-order chi connectivity index (χ0) is 12.1. The maximum Gasteiger partial charge on any atom is 0.218 e. The van der Waals surface area contributed by atoms with Gasteiger partial charge in [-0.2, -0.15) is 0 Å². The molecule has 90 valence electrons. The van der Waals surface area contributed by atoms with Crippen LogP contribution in [0, 0.1) is 5.82 Å². The van der Waals surface area contributed by atoms with Crippen molar-refractivity contribution in [2.75, 3.05) is 0 Å². The fourth-order valence-corrected chi connectivity index (χ4v) is 1.24. The molecule has 0 amide bonds. The molecule has 0 radical (unpaired) electrons. The van der Waals surface area contributed by atoms with Gasteiger partial charge < -0.3 is 10.1 Å². The van der Waals surface area contributed by atoms with Crippen molar-refractivity contribution in [2.45, 2.75) is 46.4 Å². The molecule has 0 aromatic carbocycles. The van der Waals surface area contributed by atoms with Crippen molar-refractivity contribution in [1.82, 2.24) is 10.3 Å². The number of nitrogens with zero attached hydrogens (tertiary/aromatic N) is 1. The van der Waals surface area contributed by atoms with E-state index in [1.54, 1.807) is 0 Å². The van der Waals surface area contributed by atoms with Gasteiger partial charge in [0.25, 0.3) is 0 Å². The highest BCUT2D eigenvalue weighted by molar-refractivity contribution is 5.26. The summed E-state index contributed by atoms with van der Waals surface area (Å²) in [6, 6.07) is 1.80. The number of ether oxygens (including phenoxy) is 1. The van der Waals surface area contributed by atoms with Crippen LogP contribution in [0.3, 0.4) is 0 Å². The van der Waals surface area contributed by atoms with Crippen LogP contribution in [0.1, 0.15) is 33.3 Å². The highest BCUT2D eigenvalue weighted by Gasteiger charge is 2.09. The predicted molar refractivity (Wildman–Crippen MR) is 61.9 cm³/mol. The van der Waals surface area contributed by atoms with Crippen LogP contribution in [0.15, 0.2) is 12.3 Å². The number of halogens is 1. The highest BCUT2D eigenvalue weighted by atomic mass is 19.1. The lowest BCUT2D eigenvalue weighted by Gasteiger charge is -2.14. The average molecular weight is 226 g/mol. The van der Waals surface area contributed by atoms with Crippen LogP contribution >= 0.6 is 0 Å². The zero-order valence-corrected chi connectivity index (χ0v) is 10.2. The van der Waals surface area contributed by atoms with Gasteiger partial charge in [-0.1, -0.05) is 13.8 Å². The SMILES string of the molecule is CC(C)NCc1cc(F)cnc1OC(C)C. The third kappa shape index (κ3) is 4.14. The highest BCUT2D eigenvalue weighted by Crippen LogP contribution is 2.17. The second-order valence-corrected chi connectivity index (χ2v) is 4.32. The van der Waals surface area contributed by atoms with Crippen molar-refractivity contribution >= 4 is 0 Å². The third-order valence-corrected chi connectivity index (χ3v) is 1.94. The molecule has 0 fully saturated rings. The molecule has 0 bridgehead atoms. The lowest BCUT2D eigenvalue weighted by molar-refractivity contribution is 0.228. The molecule has 1 N–H and O–H groups in total. The first-order valence-corrected chi connectivity index (χ1v) is 5.53. The molecule has 16 heavy (non-hydrogen) atoms. The van der Waals surface area contributed by atoms with Gasteiger partial charge in [0.1, 0.15) is 5.82 Å². The van der Waals surface area contributed by atoms with E-state index >= 15 is 0 Å². The molecular formula is C12H19FN2O. The Kier molecular flexibility index (Phi) is 4.68. The minimum atomic E-state index is -0.336. The van der Waals surface area contributed by atoms with Crippen LogP contribution in [-0.2, 0) is 6.54 Å². The maximum atomic E-state index is 13.1. The van der Waals surface area contributed by atoms with Crippen molar-refractivity contribution < 1.29 is 9.13 Å². The quantitative estimate of drug-likeness (QED) is 0.837. The Bertz CT molecular complexity index is 340. The number of hydrogen-bond donors (Lipinski definition) is 1. The molecule has 1 rings (SSSR count). The van der Waals surface area contributed by atoms with E-state index in [-0.39, 0.29) is 11.9 Å². The van der Waals surface area contributed by atoms with Crippen LogP contribution in [0.25, 0.3) is 0 Å². The summed E-state index contributed by atoms with van der Waals surface area (Å²) in [5, 5.41) is 3.22. The molecule has 1 aromatic heterocycles. The fourth-order valence-electron chi connectivity index (χ4n) is 1.24. The molecule has 4 heteroatoms. The third-order valence-electron chi connectivity index (χ3n) is 1.94. The number of pyridine rings is 1. The van der Waals surface area contributed by atoms with E-state index < -0.39 is 0 Å². The Labute approximate surface area is 96.0 Å². The molecule has 0 spiro atoms. The van der Waals surface area contributed by atoms with Gasteiger partial charge in [-0.05, 0) is 19.9 Å². The summed E-state index contributed by atoms with van der Waals surface area (Å²) in [6.45, 7) is 8.48. The zero-order valence-electron chi connectivity index (χ0n) is 10.2. The van der Waals surface area contributed by atoms with Gasteiger partial charge in [-0.15, -0.1) is 0 Å². The summed E-state index contributed by atoms with van der Waals surface area (Å²) < 4.78 is 18.6. The summed E-state index contributed by atoms with van der Waals surface area (Å²) >= 11 is 0. The molecule has 1 aromatic rings. The van der Waals surface area contributed by atoms with Crippen molar-refractivity contribution in [3.63, 3.8) is 0 Å². The Morgan fingerprint density at radius 3 is 2.62 bits per heavy atom. The largest absolute Gasteiger partial charge is 0.475 e. The van der Waals surface area contributed by atoms with Gasteiger partial charge >= 0.3 is 0 Å². The van der Waals surface area contributed by atoms with Gasteiger partial charge in [-0.25, -0.2) is 9.37 Å². The minimum absolute atomic E-state index is 0.0377. The Morgan fingerprint density at radius 1 is 1.38 bits per heavy atom. The van der Waals surface area contributed by atoms with Crippen LogP contribution in [0.4, 0.5) is 4.39 Å². The number of nitrogens with one attached hydrogen (secondary N) is 1. The number of aromatic nitrogens is 1. The van der Waals surface area contributed by atoms with E-state index in [0.717, 1.165) is 5.56 Å². The monoisotopic (exact) mass is 226 g/mol. The lowest BCUT2D eigenvalue weighted by Crippen LogP contribution is -2.23. The Hall–Kier alpha value is -1.16. The summed E-state index contributed by atoms with van der Waals surface area (Å²) in [5.74, 6) is 0.168. The molecule has 0 saturated heterocycles. The van der Waals surface area contributed by atoms with E-state index in [2.05, 4.69) is 10.3 Å². The van der Waals surface area contributed by atoms with Gasteiger partial charge in [-0.3, -0.25) is 0 Å². The number of rotatable bonds is 5. The molecular weight excluding hydrogens is 207 g/mol. The molecule has 0 unspecified atom stereocenters. The smallest absolute Gasteiger partial charge is 0.218 e. The van der Waals surface area contributed by atoms with Gasteiger partial charge in [0.15, 0.2) is 0 Å². The normalized spacial score (nSPS) is 11.2. The van der Waals surface area contributed by atoms with Crippen LogP contribution in [-0.4, -0.2) is 17.1 Å². The maximum absolute atomic E-state index is 13.1. The van der Waals surface area contributed by atoms with E-state index in [9.17, 15) is 4.39 Å². The standard InChI is InChI=1S/C12H19FN2O/c1-8(2)14-6-10-5-11(13)7-15-12(10)16-9(3)4/h5,7-9,14H,6H2,1-4H3. The average Bonchev–Trinajstić information content (AvgIpc) is 2.17. The second kappa shape index (κ2) is 5.80. The fraction of sp³-hybridized carbons (Fsp3) is 0.583. The van der Waals surface area contributed by atoms with Crippen molar-refractivity contribution in [1.29, 1.82) is 0 Å². The van der Waals surface area contributed by atoms with Crippen LogP contribution in [0.2, 0.25) is 0 Å². The van der Waals surface area contributed by atoms with E-state index in [0.29, 0.717) is 18.5 Å². The van der Waals surface area contributed by atoms with Gasteiger partial charge in [0.2, 0.25) is 5.88 Å². The number of hydrogen-bond acceptors (Lipinski definition) is 3. The van der Waals surface area contributed by atoms with Gasteiger partial charge in [0, 0.05) is 18.2 Å². The second-order valence-electron chi connectivity index (χ2n) is 4.32. The lowest BCUT2D eigenvalue weighted by atomic mass is 10.2. The van der Waals surface area contributed by atoms with E-state index in [1.165, 1.54) is 12.3 Å². The Morgan fingerprint density at radius 2 is 2.06 bits per heavy atom. The molecule has 3 nitrogen and oxygen atoms in total. The molecule has 0 atom stereocenters. The van der Waals surface area contributed by atoms with Crippen LogP contribution in [0.5, 0.6) is 5.88 Å². The first-order valence-electron chi connectivity index (χ1n) is 5.53. The summed E-state index contributed by atoms with van der Waals surface area (Å²) in [7, 11) is 0. The molecule has 0 saturated carbocycles. The van der Waals surface area contributed by atoms with Crippen molar-refractivity contribution in [3.05, 3.63) is 23.6 Å². The first kappa shape index (κ1) is 12.9. The van der Waals surface area contributed by atoms with Crippen molar-refractivity contribution in [3.8, 4) is 5.88 Å². The predicted octanol–water partition coefficient (Wildman–Crippen LogP) is 2.51. The molecule has 0 aliphatic heterocycles.